The van der Waals surface area contributed by atoms with Crippen LogP contribution in [0.1, 0.15) is 24.0 Å². The molecule has 2 heterocycles. The number of anilines is 1. The molecule has 0 saturated carbocycles. The van der Waals surface area contributed by atoms with Gasteiger partial charge in [-0.1, -0.05) is 6.07 Å². The number of alkyl halides is 3. The summed E-state index contributed by atoms with van der Waals surface area (Å²) in [4.78, 5) is 2.02. The van der Waals surface area contributed by atoms with Crippen LogP contribution in [0.5, 0.6) is 0 Å². The van der Waals surface area contributed by atoms with Crippen molar-refractivity contribution in [3.8, 4) is 0 Å². The standard InChI is InChI=1S/C15H19F3N2O/c1-19-7-10-2-3-11(6-14(10)15(16,17)18)20-8-12-4-5-13(9-20)21-12/h2-3,6,12-13,19H,4-5,7-9H2,1H3. The average molecular weight is 300 g/mol. The Labute approximate surface area is 122 Å². The molecule has 6 heteroatoms. The maximum atomic E-state index is 13.2. The van der Waals surface area contributed by atoms with Crippen LogP contribution < -0.4 is 10.2 Å². The molecule has 0 aromatic heterocycles. The van der Waals surface area contributed by atoms with Gasteiger partial charge in [0.2, 0.25) is 0 Å². The molecule has 21 heavy (non-hydrogen) atoms. The molecule has 0 aliphatic carbocycles. The van der Waals surface area contributed by atoms with Gasteiger partial charge in [-0.25, -0.2) is 0 Å². The van der Waals surface area contributed by atoms with Crippen molar-refractivity contribution in [2.24, 2.45) is 0 Å². The van der Waals surface area contributed by atoms with E-state index in [2.05, 4.69) is 5.32 Å². The lowest BCUT2D eigenvalue weighted by Gasteiger charge is -2.34. The molecule has 3 nitrogen and oxygen atoms in total. The molecule has 1 N–H and O–H groups in total. The fourth-order valence-corrected chi connectivity index (χ4v) is 3.20. The minimum absolute atomic E-state index is 0.162. The van der Waals surface area contributed by atoms with Crippen molar-refractivity contribution in [3.63, 3.8) is 0 Å². The van der Waals surface area contributed by atoms with Crippen LogP contribution in [0, 0.1) is 0 Å². The first kappa shape index (κ1) is 14.7. The Hall–Kier alpha value is -1.27. The van der Waals surface area contributed by atoms with Crippen molar-refractivity contribution in [1.29, 1.82) is 0 Å². The van der Waals surface area contributed by atoms with Gasteiger partial charge in [0, 0.05) is 25.3 Å². The molecule has 0 amide bonds. The van der Waals surface area contributed by atoms with Gasteiger partial charge in [0.1, 0.15) is 0 Å². The third-order valence-corrected chi connectivity index (χ3v) is 4.17. The minimum Gasteiger partial charge on any atom is -0.371 e. The molecular formula is C15H19F3N2O. The molecule has 2 aliphatic rings. The second-order valence-electron chi connectivity index (χ2n) is 5.73. The van der Waals surface area contributed by atoms with E-state index >= 15 is 0 Å². The monoisotopic (exact) mass is 300 g/mol. The molecule has 2 aliphatic heterocycles. The van der Waals surface area contributed by atoms with Crippen LogP contribution in [-0.2, 0) is 17.5 Å². The molecule has 2 fully saturated rings. The third-order valence-electron chi connectivity index (χ3n) is 4.17. The van der Waals surface area contributed by atoms with Crippen molar-refractivity contribution < 1.29 is 17.9 Å². The number of fused-ring (bicyclic) bond motifs is 2. The highest BCUT2D eigenvalue weighted by atomic mass is 19.4. The second-order valence-corrected chi connectivity index (χ2v) is 5.73. The third kappa shape index (κ3) is 3.01. The fraction of sp³-hybridized carbons (Fsp3) is 0.600. The fourth-order valence-electron chi connectivity index (χ4n) is 3.20. The number of nitrogens with one attached hydrogen (secondary N) is 1. The van der Waals surface area contributed by atoms with Crippen molar-refractivity contribution in [2.45, 2.75) is 37.8 Å². The molecular weight excluding hydrogens is 281 g/mol. The van der Waals surface area contributed by atoms with Crippen LogP contribution >= 0.6 is 0 Å². The van der Waals surface area contributed by atoms with Crippen LogP contribution in [-0.4, -0.2) is 32.3 Å². The number of halogens is 3. The number of hydrogen-bond acceptors (Lipinski definition) is 3. The highest BCUT2D eigenvalue weighted by molar-refractivity contribution is 5.52. The van der Waals surface area contributed by atoms with Gasteiger partial charge < -0.3 is 15.0 Å². The van der Waals surface area contributed by atoms with Crippen LogP contribution in [0.25, 0.3) is 0 Å². The van der Waals surface area contributed by atoms with Gasteiger partial charge in [0.05, 0.1) is 17.8 Å². The van der Waals surface area contributed by atoms with E-state index < -0.39 is 11.7 Å². The summed E-state index contributed by atoms with van der Waals surface area (Å²) >= 11 is 0. The van der Waals surface area contributed by atoms with Gasteiger partial charge in [-0.15, -0.1) is 0 Å². The van der Waals surface area contributed by atoms with E-state index in [4.69, 9.17) is 4.74 Å². The van der Waals surface area contributed by atoms with Gasteiger partial charge in [0.15, 0.2) is 0 Å². The van der Waals surface area contributed by atoms with E-state index in [-0.39, 0.29) is 24.3 Å². The molecule has 3 rings (SSSR count). The maximum Gasteiger partial charge on any atom is 0.416 e. The Morgan fingerprint density at radius 2 is 1.90 bits per heavy atom. The number of ether oxygens (including phenoxy) is 1. The predicted octanol–water partition coefficient (Wildman–Crippen LogP) is 2.79. The van der Waals surface area contributed by atoms with Crippen LogP contribution in [0.4, 0.5) is 18.9 Å². The average Bonchev–Trinajstić information content (AvgIpc) is 2.77. The zero-order valence-corrected chi connectivity index (χ0v) is 11.9. The minimum atomic E-state index is -4.33. The van der Waals surface area contributed by atoms with Crippen LogP contribution in [0.15, 0.2) is 18.2 Å². The van der Waals surface area contributed by atoms with E-state index in [1.807, 2.05) is 4.90 Å². The van der Waals surface area contributed by atoms with Gasteiger partial charge >= 0.3 is 6.18 Å². The Balaban J connectivity index is 1.89. The highest BCUT2D eigenvalue weighted by Crippen LogP contribution is 2.36. The lowest BCUT2D eigenvalue weighted by Crippen LogP contribution is -2.42. The topological polar surface area (TPSA) is 24.5 Å². The van der Waals surface area contributed by atoms with Crippen molar-refractivity contribution in [2.75, 3.05) is 25.0 Å². The Morgan fingerprint density at radius 3 is 2.48 bits per heavy atom. The lowest BCUT2D eigenvalue weighted by molar-refractivity contribution is -0.138. The van der Waals surface area contributed by atoms with Crippen LogP contribution in [0.2, 0.25) is 0 Å². The molecule has 2 bridgehead atoms. The molecule has 0 spiro atoms. The zero-order valence-electron chi connectivity index (χ0n) is 11.9. The van der Waals surface area contributed by atoms with Crippen molar-refractivity contribution >= 4 is 5.69 Å². The van der Waals surface area contributed by atoms with E-state index in [1.54, 1.807) is 19.2 Å². The number of benzene rings is 1. The summed E-state index contributed by atoms with van der Waals surface area (Å²) in [6, 6.07) is 4.64. The lowest BCUT2D eigenvalue weighted by atomic mass is 10.0. The molecule has 2 atom stereocenters. The first-order valence-electron chi connectivity index (χ1n) is 7.22. The zero-order chi connectivity index (χ0) is 15.0. The van der Waals surface area contributed by atoms with Gasteiger partial charge in [-0.05, 0) is 37.6 Å². The summed E-state index contributed by atoms with van der Waals surface area (Å²) in [6.07, 6.45) is -1.99. The Morgan fingerprint density at radius 1 is 1.24 bits per heavy atom. The quantitative estimate of drug-likeness (QED) is 0.929. The van der Waals surface area contributed by atoms with E-state index in [1.165, 1.54) is 6.07 Å². The smallest absolute Gasteiger partial charge is 0.371 e. The van der Waals surface area contributed by atoms with Crippen molar-refractivity contribution in [1.82, 2.24) is 5.32 Å². The summed E-state index contributed by atoms with van der Waals surface area (Å²) in [7, 11) is 1.65. The number of nitrogens with zero attached hydrogens (tertiary/aromatic N) is 1. The summed E-state index contributed by atoms with van der Waals surface area (Å²) in [5.74, 6) is 0. The predicted molar refractivity (Wildman–Crippen MR) is 74.3 cm³/mol. The van der Waals surface area contributed by atoms with Gasteiger partial charge in [-0.3, -0.25) is 0 Å². The summed E-state index contributed by atoms with van der Waals surface area (Å²) in [5.41, 5.74) is 0.376. The Kier molecular flexibility index (Phi) is 3.84. The maximum absolute atomic E-state index is 13.2. The van der Waals surface area contributed by atoms with Crippen molar-refractivity contribution in [3.05, 3.63) is 29.3 Å². The molecule has 1 aromatic rings. The molecule has 2 saturated heterocycles. The highest BCUT2D eigenvalue weighted by Gasteiger charge is 2.36. The molecule has 0 radical (unpaired) electrons. The SMILES string of the molecule is CNCc1ccc(N2CC3CCC(C2)O3)cc1C(F)(F)F. The second kappa shape index (κ2) is 5.50. The normalized spacial score (nSPS) is 25.4. The van der Waals surface area contributed by atoms with E-state index in [0.29, 0.717) is 18.8 Å². The Bertz CT molecular complexity index is 506. The number of rotatable bonds is 3. The summed E-state index contributed by atoms with van der Waals surface area (Å²) in [6.45, 7) is 1.57. The number of hydrogen-bond donors (Lipinski definition) is 1. The van der Waals surface area contributed by atoms with E-state index in [9.17, 15) is 13.2 Å². The first-order valence-corrected chi connectivity index (χ1v) is 7.22. The van der Waals surface area contributed by atoms with Crippen LogP contribution in [0.3, 0.4) is 0 Å². The molecule has 1 aromatic carbocycles. The number of morpholine rings is 1. The van der Waals surface area contributed by atoms with E-state index in [0.717, 1.165) is 12.8 Å². The molecule has 116 valence electrons. The summed E-state index contributed by atoms with van der Waals surface area (Å²) in [5, 5.41) is 2.79. The van der Waals surface area contributed by atoms with Gasteiger partial charge in [0.25, 0.3) is 0 Å². The largest absolute Gasteiger partial charge is 0.416 e. The van der Waals surface area contributed by atoms with Gasteiger partial charge in [-0.2, -0.15) is 13.2 Å². The molecule has 2 unspecified atom stereocenters. The summed E-state index contributed by atoms with van der Waals surface area (Å²) < 4.78 is 45.4. The first-order chi connectivity index (χ1) is 9.97.